The van der Waals surface area contributed by atoms with Crippen LogP contribution in [0, 0.1) is 16.7 Å². The van der Waals surface area contributed by atoms with Crippen molar-refractivity contribution in [2.45, 2.75) is 13.8 Å². The van der Waals surface area contributed by atoms with Crippen LogP contribution < -0.4 is 0 Å². The van der Waals surface area contributed by atoms with Crippen molar-refractivity contribution in [3.8, 4) is 0 Å². The molecule has 3 heteroatoms. The van der Waals surface area contributed by atoms with Crippen molar-refractivity contribution >= 4 is 12.6 Å². The van der Waals surface area contributed by atoms with E-state index in [4.69, 9.17) is 10.8 Å². The molecule has 0 saturated heterocycles. The van der Waals surface area contributed by atoms with Crippen LogP contribution in [0.2, 0.25) is 0 Å². The van der Waals surface area contributed by atoms with Crippen LogP contribution in [0.3, 0.4) is 0 Å². The van der Waals surface area contributed by atoms with Gasteiger partial charge in [-0.2, -0.15) is 12.6 Å². The van der Waals surface area contributed by atoms with E-state index in [9.17, 15) is 0 Å². The van der Waals surface area contributed by atoms with Gasteiger partial charge in [0, 0.05) is 10.8 Å². The fourth-order valence-electron chi connectivity index (χ4n) is 0. The van der Waals surface area contributed by atoms with E-state index in [0.717, 1.165) is 11.7 Å². The molecule has 0 aliphatic heterocycles. The highest BCUT2D eigenvalue weighted by Gasteiger charge is 1.80. The van der Waals surface area contributed by atoms with Crippen molar-refractivity contribution in [3.05, 3.63) is 0 Å². The maximum Gasteiger partial charge on any atom is 0 e. The third-order valence-corrected chi connectivity index (χ3v) is 1.10. The van der Waals surface area contributed by atoms with Crippen LogP contribution in [-0.2, 0) is 0 Å². The Labute approximate surface area is 49.7 Å². The van der Waals surface area contributed by atoms with Crippen LogP contribution in [0.25, 0.3) is 0 Å². The molecule has 0 atom stereocenters. The summed E-state index contributed by atoms with van der Waals surface area (Å²) >= 11 is 4.02. The Morgan fingerprint density at radius 2 is 1.57 bits per heavy atom. The lowest BCUT2D eigenvalue weighted by molar-refractivity contribution is 0.753. The van der Waals surface area contributed by atoms with Crippen LogP contribution in [0.4, 0.5) is 0 Å². The van der Waals surface area contributed by atoms with Crippen molar-refractivity contribution in [2.75, 3.05) is 5.75 Å². The lowest BCUT2D eigenvalue weighted by Gasteiger charge is -1.89. The molecule has 0 saturated carbocycles. The molecule has 0 aliphatic rings. The van der Waals surface area contributed by atoms with E-state index in [2.05, 4.69) is 26.5 Å². The first-order chi connectivity index (χ1) is 3.27. The van der Waals surface area contributed by atoms with Crippen LogP contribution >= 0.6 is 12.6 Å². The topological polar surface area (TPSA) is 47.6 Å². The Morgan fingerprint density at radius 1 is 1.43 bits per heavy atom. The van der Waals surface area contributed by atoms with Crippen LogP contribution in [0.1, 0.15) is 13.8 Å². The average Bonchev–Trinajstić information content (AvgIpc) is 1.73. The second kappa shape index (κ2) is 9.24. The predicted octanol–water partition coefficient (Wildman–Crippen LogP) is 1.60. The smallest absolute Gasteiger partial charge is 0 e. The van der Waals surface area contributed by atoms with Gasteiger partial charge in [0.25, 0.3) is 0 Å². The summed E-state index contributed by atoms with van der Waals surface area (Å²) in [6.45, 7) is 4.29. The molecule has 0 aromatic rings. The van der Waals surface area contributed by atoms with Gasteiger partial charge < -0.3 is 0 Å². The molecule has 0 fully saturated rings. The third kappa shape index (κ3) is 26.2. The standard InChI is InChI=1S/C4H10S.N2/c1-4(2)3-5;1-2/h4-5H,3H2,1-2H3;. The molecule has 0 unspecified atom stereocenters. The van der Waals surface area contributed by atoms with Gasteiger partial charge in [-0.25, -0.2) is 0 Å². The molecule has 2 nitrogen and oxygen atoms in total. The van der Waals surface area contributed by atoms with E-state index in [1.54, 1.807) is 0 Å². The fourth-order valence-corrected chi connectivity index (χ4v) is 0. The molecule has 0 aromatic carbocycles. The minimum Gasteiger partial charge on any atom is -0.179 e. The lowest BCUT2D eigenvalue weighted by Crippen LogP contribution is -1.83. The maximum atomic E-state index is 6.00. The van der Waals surface area contributed by atoms with Gasteiger partial charge >= 0.3 is 0 Å². The molecule has 7 heavy (non-hydrogen) atoms. The van der Waals surface area contributed by atoms with E-state index in [0.29, 0.717) is 0 Å². The molecule has 42 valence electrons. The van der Waals surface area contributed by atoms with Crippen LogP contribution in [-0.4, -0.2) is 5.75 Å². The molecule has 0 radical (unpaired) electrons. The molecular weight excluding hydrogens is 108 g/mol. The molecule has 0 amide bonds. The summed E-state index contributed by atoms with van der Waals surface area (Å²) in [6, 6.07) is 0. The Morgan fingerprint density at radius 3 is 1.57 bits per heavy atom. The van der Waals surface area contributed by atoms with Crippen molar-refractivity contribution < 1.29 is 0 Å². The Hall–Kier alpha value is -0.230. The van der Waals surface area contributed by atoms with Crippen molar-refractivity contribution in [1.29, 1.82) is 10.8 Å². The van der Waals surface area contributed by atoms with E-state index in [1.807, 2.05) is 0 Å². The number of rotatable bonds is 1. The maximum absolute atomic E-state index is 6.00. The van der Waals surface area contributed by atoms with Gasteiger partial charge in [0.15, 0.2) is 0 Å². The van der Waals surface area contributed by atoms with Gasteiger partial charge in [0.05, 0.1) is 0 Å². The van der Waals surface area contributed by atoms with E-state index >= 15 is 0 Å². The van der Waals surface area contributed by atoms with Crippen LogP contribution in [0.5, 0.6) is 0 Å². The third-order valence-electron chi connectivity index (χ3n) is 0.365. The van der Waals surface area contributed by atoms with Crippen molar-refractivity contribution in [1.82, 2.24) is 0 Å². The highest BCUT2D eigenvalue weighted by atomic mass is 32.1. The monoisotopic (exact) mass is 118 g/mol. The molecule has 0 aromatic heterocycles. The fraction of sp³-hybridized carbons (Fsp3) is 1.00. The highest BCUT2D eigenvalue weighted by molar-refractivity contribution is 7.80. The lowest BCUT2D eigenvalue weighted by atomic mass is 10.3. The number of nitrogens with zero attached hydrogens (tertiary/aromatic N) is 2. The first-order valence-corrected chi connectivity index (χ1v) is 2.71. The largest absolute Gasteiger partial charge is 0.179 e. The summed E-state index contributed by atoms with van der Waals surface area (Å²) in [4.78, 5) is 0. The van der Waals surface area contributed by atoms with Crippen molar-refractivity contribution in [2.24, 2.45) is 5.92 Å². The Balaban J connectivity index is 0. The normalized spacial score (nSPS) is 7.14. The Bertz CT molecular complexity index is 42.2. The molecular formula is C4H10N2S. The van der Waals surface area contributed by atoms with Gasteiger partial charge in [0.2, 0.25) is 0 Å². The zero-order valence-electron chi connectivity index (χ0n) is 4.63. The summed E-state index contributed by atoms with van der Waals surface area (Å²) in [6.07, 6.45) is 0. The van der Waals surface area contributed by atoms with Gasteiger partial charge in [0.1, 0.15) is 0 Å². The predicted molar refractivity (Wildman–Crippen MR) is 32.1 cm³/mol. The summed E-state index contributed by atoms with van der Waals surface area (Å²) in [5.74, 6) is 1.75. The summed E-state index contributed by atoms with van der Waals surface area (Å²) < 4.78 is 0. The summed E-state index contributed by atoms with van der Waals surface area (Å²) in [5, 5.41) is 12.0. The molecule has 0 aliphatic carbocycles. The second-order valence-corrected chi connectivity index (χ2v) is 1.94. The molecule has 0 rings (SSSR count). The number of hydrogen-bond donors (Lipinski definition) is 1. The number of hydrogen-bond acceptors (Lipinski definition) is 3. The minimum absolute atomic E-state index is 0.748. The molecule has 0 heterocycles. The first-order valence-electron chi connectivity index (χ1n) is 2.08. The number of thiol groups is 1. The van der Waals surface area contributed by atoms with E-state index in [1.165, 1.54) is 0 Å². The quantitative estimate of drug-likeness (QED) is 0.420. The average molecular weight is 118 g/mol. The highest BCUT2D eigenvalue weighted by Crippen LogP contribution is 1.90. The summed E-state index contributed by atoms with van der Waals surface area (Å²) in [7, 11) is 0. The zero-order chi connectivity index (χ0) is 6.28. The molecule has 0 N–H and O–H groups in total. The Kier molecular flexibility index (Phi) is 13.1. The van der Waals surface area contributed by atoms with Gasteiger partial charge in [-0.3, -0.25) is 0 Å². The van der Waals surface area contributed by atoms with E-state index < -0.39 is 0 Å². The van der Waals surface area contributed by atoms with Gasteiger partial charge in [-0.1, -0.05) is 13.8 Å². The van der Waals surface area contributed by atoms with E-state index in [-0.39, 0.29) is 0 Å². The second-order valence-electron chi connectivity index (χ2n) is 1.58. The summed E-state index contributed by atoms with van der Waals surface area (Å²) in [5.41, 5.74) is 0. The first kappa shape index (κ1) is 9.91. The molecule has 0 spiro atoms. The SMILES string of the molecule is CC(C)CS.N#N. The molecule has 0 bridgehead atoms. The van der Waals surface area contributed by atoms with Gasteiger partial charge in [-0.15, -0.1) is 0 Å². The van der Waals surface area contributed by atoms with Gasteiger partial charge in [-0.05, 0) is 11.7 Å². The van der Waals surface area contributed by atoms with Crippen molar-refractivity contribution in [3.63, 3.8) is 0 Å². The zero-order valence-corrected chi connectivity index (χ0v) is 5.52. The minimum atomic E-state index is 0.748. The van der Waals surface area contributed by atoms with Crippen LogP contribution in [0.15, 0.2) is 0 Å².